The Kier molecular flexibility index (Phi) is 3.86. The van der Waals surface area contributed by atoms with Crippen LogP contribution in [0.2, 0.25) is 0 Å². The van der Waals surface area contributed by atoms with Gasteiger partial charge in [-0.25, -0.2) is 4.79 Å². The maximum atomic E-state index is 12.5. The van der Waals surface area contributed by atoms with E-state index >= 15 is 0 Å². The van der Waals surface area contributed by atoms with Crippen LogP contribution in [0.4, 0.5) is 5.69 Å². The third kappa shape index (κ3) is 2.77. The Morgan fingerprint density at radius 3 is 2.75 bits per heavy atom. The summed E-state index contributed by atoms with van der Waals surface area (Å²) in [6.45, 7) is 0. The quantitative estimate of drug-likeness (QED) is 0.430. The number of H-pyrrole nitrogens is 1. The highest BCUT2D eigenvalue weighted by atomic mass is 32.2. The van der Waals surface area contributed by atoms with Gasteiger partial charge in [-0.3, -0.25) is 4.55 Å². The molecule has 0 bridgehead atoms. The van der Waals surface area contributed by atoms with E-state index in [0.717, 1.165) is 0 Å². The second kappa shape index (κ2) is 5.73. The summed E-state index contributed by atoms with van der Waals surface area (Å²) >= 11 is 0. The van der Waals surface area contributed by atoms with Crippen LogP contribution in [0.5, 0.6) is 0 Å². The van der Waals surface area contributed by atoms with Crippen molar-refractivity contribution in [2.24, 2.45) is 0 Å². The number of aromatic nitrogens is 1. The fraction of sp³-hybridized carbons (Fsp3) is 0.125. The number of carbonyl (C=O) groups excluding carboxylic acids is 1. The van der Waals surface area contributed by atoms with Crippen molar-refractivity contribution < 1.29 is 22.3 Å². The van der Waals surface area contributed by atoms with E-state index in [9.17, 15) is 17.8 Å². The molecule has 0 fully saturated rings. The van der Waals surface area contributed by atoms with Crippen molar-refractivity contribution in [1.29, 1.82) is 0 Å². The van der Waals surface area contributed by atoms with E-state index in [0.29, 0.717) is 23.4 Å². The molecule has 2 aromatic rings. The second-order valence-corrected chi connectivity index (χ2v) is 6.86. The zero-order chi connectivity index (χ0) is 17.5. The molecule has 1 aliphatic carbocycles. The number of nitrogens with two attached hydrogens (primary N) is 1. The van der Waals surface area contributed by atoms with Gasteiger partial charge < -0.3 is 10.7 Å². The number of hydrogen-bond acceptors (Lipinski definition) is 4. The van der Waals surface area contributed by atoms with E-state index in [1.807, 2.05) is 6.08 Å². The van der Waals surface area contributed by atoms with Gasteiger partial charge in [-0.1, -0.05) is 6.08 Å². The Balaban J connectivity index is 2.28. The zero-order valence-corrected chi connectivity index (χ0v) is 13.7. The van der Waals surface area contributed by atoms with Gasteiger partial charge >= 0.3 is 5.91 Å². The van der Waals surface area contributed by atoms with Gasteiger partial charge in [-0.05, 0) is 36.2 Å². The van der Waals surface area contributed by atoms with Crippen LogP contribution in [-0.4, -0.2) is 41.2 Å². The van der Waals surface area contributed by atoms with Crippen LogP contribution in [0.15, 0.2) is 47.5 Å². The summed E-state index contributed by atoms with van der Waals surface area (Å²) in [7, 11) is -2.95. The average Bonchev–Trinajstić information content (AvgIpc) is 3.05. The molecule has 7 nitrogen and oxygen atoms in total. The van der Waals surface area contributed by atoms with Crippen molar-refractivity contribution in [3.63, 3.8) is 0 Å². The summed E-state index contributed by atoms with van der Waals surface area (Å²) in [5, 5.41) is 0. The highest BCUT2D eigenvalue weighted by Crippen LogP contribution is 2.28. The maximum absolute atomic E-state index is 12.5. The van der Waals surface area contributed by atoms with Crippen molar-refractivity contribution in [2.75, 3.05) is 12.8 Å². The molecule has 0 radical (unpaired) electrons. The fourth-order valence-electron chi connectivity index (χ4n) is 2.77. The predicted molar refractivity (Wildman–Crippen MR) is 88.9 cm³/mol. The number of allylic oxidation sites excluding steroid dienone is 2. The molecule has 1 aromatic carbocycles. The number of nitrogens with zero attached hydrogens (tertiary/aromatic N) is 1. The summed E-state index contributed by atoms with van der Waals surface area (Å²) < 4.78 is 34.5. The first-order valence-corrected chi connectivity index (χ1v) is 8.58. The molecule has 0 unspecified atom stereocenters. The van der Waals surface area contributed by atoms with E-state index in [-0.39, 0.29) is 22.1 Å². The summed E-state index contributed by atoms with van der Waals surface area (Å²) in [6, 6.07) is 6.15. The number of fused-ring (bicyclic) bond motifs is 1. The zero-order valence-electron chi connectivity index (χ0n) is 12.9. The highest BCUT2D eigenvalue weighted by Gasteiger charge is 2.31. The second-order valence-electron chi connectivity index (χ2n) is 5.47. The number of carbonyl (C=O) groups is 1. The Morgan fingerprint density at radius 1 is 1.38 bits per heavy atom. The van der Waals surface area contributed by atoms with Crippen LogP contribution < -0.4 is 5.73 Å². The van der Waals surface area contributed by atoms with Gasteiger partial charge in [0.05, 0.1) is 5.56 Å². The summed E-state index contributed by atoms with van der Waals surface area (Å²) in [5.74, 6) is -0.328. The van der Waals surface area contributed by atoms with Crippen LogP contribution in [-0.2, 0) is 16.5 Å². The molecule has 0 saturated carbocycles. The lowest BCUT2D eigenvalue weighted by atomic mass is 9.94. The van der Waals surface area contributed by atoms with Gasteiger partial charge in [0.1, 0.15) is 11.9 Å². The standard InChI is InChI=1S/C16H15N3O4S/c1-19(16(20)12-5-3-7-18-12)13-6-2-4-10-8-11(17)9-14(15(10)13)24(21,22)23/h2-3,5-9,17H,4H2,1H3,(H2,18,20,21,22,23)/p+1. The maximum Gasteiger partial charge on any atom is 0.435 e. The van der Waals surface area contributed by atoms with Gasteiger partial charge in [0.25, 0.3) is 10.1 Å². The molecule has 1 aliphatic rings. The van der Waals surface area contributed by atoms with E-state index < -0.39 is 10.1 Å². The Labute approximate surface area is 138 Å². The van der Waals surface area contributed by atoms with Gasteiger partial charge in [-0.2, -0.15) is 13.0 Å². The normalized spacial score (nSPS) is 15.9. The van der Waals surface area contributed by atoms with E-state index in [1.54, 1.807) is 37.5 Å². The SMILES string of the molecule is C[N+](C(=O)c1ccc[nH]1)=C1C=CCc2cc(N)cc(S(=O)(=O)O)c21. The molecule has 3 rings (SSSR count). The van der Waals surface area contributed by atoms with Crippen molar-refractivity contribution in [3.8, 4) is 0 Å². The number of nitrogens with one attached hydrogen (secondary N) is 1. The largest absolute Gasteiger partial charge is 0.435 e. The van der Waals surface area contributed by atoms with Crippen LogP contribution in [0.25, 0.3) is 0 Å². The molecule has 124 valence electrons. The minimum Gasteiger partial charge on any atom is -0.399 e. The molecule has 0 atom stereocenters. The number of hydrogen-bond donors (Lipinski definition) is 3. The molecule has 1 heterocycles. The lowest BCUT2D eigenvalue weighted by Gasteiger charge is -2.15. The lowest BCUT2D eigenvalue weighted by molar-refractivity contribution is -0.393. The minimum atomic E-state index is -4.49. The van der Waals surface area contributed by atoms with Gasteiger partial charge in [-0.15, -0.1) is 0 Å². The Hall–Kier alpha value is -2.71. The molecule has 1 amide bonds. The van der Waals surface area contributed by atoms with Crippen molar-refractivity contribution in [3.05, 3.63) is 59.4 Å². The lowest BCUT2D eigenvalue weighted by Crippen LogP contribution is -2.28. The fourth-order valence-corrected chi connectivity index (χ4v) is 3.54. The average molecular weight is 346 g/mol. The third-order valence-corrected chi connectivity index (χ3v) is 4.73. The summed E-state index contributed by atoms with van der Waals surface area (Å²) in [5.41, 5.74) is 7.64. The van der Waals surface area contributed by atoms with Crippen molar-refractivity contribution in [2.45, 2.75) is 11.3 Å². The van der Waals surface area contributed by atoms with Gasteiger partial charge in [0.2, 0.25) is 5.71 Å². The van der Waals surface area contributed by atoms with Crippen LogP contribution in [0.3, 0.4) is 0 Å². The van der Waals surface area contributed by atoms with E-state index in [4.69, 9.17) is 5.73 Å². The van der Waals surface area contributed by atoms with Crippen LogP contribution >= 0.6 is 0 Å². The molecule has 24 heavy (non-hydrogen) atoms. The minimum absolute atomic E-state index is 0.231. The Bertz CT molecular complexity index is 987. The van der Waals surface area contributed by atoms with E-state index in [1.165, 1.54) is 10.6 Å². The number of anilines is 1. The number of benzene rings is 1. The van der Waals surface area contributed by atoms with E-state index in [2.05, 4.69) is 4.98 Å². The van der Waals surface area contributed by atoms with Crippen LogP contribution in [0.1, 0.15) is 21.6 Å². The molecular formula is C16H16N3O4S+. The van der Waals surface area contributed by atoms with Gasteiger partial charge in [0, 0.05) is 18.0 Å². The molecule has 0 aliphatic heterocycles. The van der Waals surface area contributed by atoms with Crippen molar-refractivity contribution in [1.82, 2.24) is 4.98 Å². The first-order chi connectivity index (χ1) is 11.3. The molecular weight excluding hydrogens is 330 g/mol. The smallest absolute Gasteiger partial charge is 0.399 e. The molecule has 0 spiro atoms. The third-order valence-electron chi connectivity index (χ3n) is 3.85. The highest BCUT2D eigenvalue weighted by molar-refractivity contribution is 7.86. The van der Waals surface area contributed by atoms with Crippen molar-refractivity contribution >= 4 is 27.4 Å². The first-order valence-electron chi connectivity index (χ1n) is 7.14. The predicted octanol–water partition coefficient (Wildman–Crippen LogP) is 1.23. The number of rotatable bonds is 2. The number of aromatic amines is 1. The molecule has 4 N–H and O–H groups in total. The Morgan fingerprint density at radius 2 is 2.12 bits per heavy atom. The van der Waals surface area contributed by atoms with Crippen LogP contribution in [0, 0.1) is 0 Å². The topological polar surface area (TPSA) is 116 Å². The first kappa shape index (κ1) is 16.2. The molecule has 8 heteroatoms. The summed E-state index contributed by atoms with van der Waals surface area (Å²) in [4.78, 5) is 15.1. The van der Waals surface area contributed by atoms with Gasteiger partial charge in [0.15, 0.2) is 5.69 Å². The molecule has 1 aromatic heterocycles. The summed E-state index contributed by atoms with van der Waals surface area (Å²) in [6.07, 6.45) is 5.55. The number of nitrogen functional groups attached to an aromatic ring is 1. The monoisotopic (exact) mass is 346 g/mol. The molecule has 0 saturated heterocycles. The number of amides is 1.